The van der Waals surface area contributed by atoms with Crippen molar-refractivity contribution in [3.8, 4) is 0 Å². The molecule has 2 N–H and O–H groups in total. The molecule has 0 unspecified atom stereocenters. The minimum atomic E-state index is 0.590. The maximum absolute atomic E-state index is 5.43. The molecule has 116 valence electrons. The predicted octanol–water partition coefficient (Wildman–Crippen LogP) is 4.34. The van der Waals surface area contributed by atoms with E-state index in [1.54, 1.807) is 0 Å². The van der Waals surface area contributed by atoms with Gasteiger partial charge >= 0.3 is 0 Å². The summed E-state index contributed by atoms with van der Waals surface area (Å²) in [5.74, 6) is 0. The lowest BCUT2D eigenvalue weighted by Gasteiger charge is -2.25. The molecule has 0 spiro atoms. The Balaban J connectivity index is 2.04. The topological polar surface area (TPSA) is 27.3 Å². The van der Waals surface area contributed by atoms with Crippen molar-refractivity contribution in [2.24, 2.45) is 0 Å². The molecule has 0 fully saturated rings. The lowest BCUT2D eigenvalue weighted by Crippen LogP contribution is -2.44. The molecule has 0 aromatic heterocycles. The van der Waals surface area contributed by atoms with Crippen molar-refractivity contribution in [1.82, 2.24) is 5.43 Å². The standard InChI is InChI=1S/C18H23N3S/c1-5-21(17-8-6-13(2)7-9-17)20-18(22)19-16-11-14(3)10-15(4)12-16/h6-12H,5H2,1-4H3,(H2,19,20,22). The maximum atomic E-state index is 5.43. The van der Waals surface area contributed by atoms with Crippen LogP contribution in [0.2, 0.25) is 0 Å². The van der Waals surface area contributed by atoms with Crippen molar-refractivity contribution in [2.75, 3.05) is 16.9 Å². The molecule has 0 radical (unpaired) electrons. The van der Waals surface area contributed by atoms with Crippen molar-refractivity contribution in [3.05, 3.63) is 59.2 Å². The molecule has 2 rings (SSSR count). The van der Waals surface area contributed by atoms with Crippen LogP contribution >= 0.6 is 12.2 Å². The average molecular weight is 313 g/mol. The van der Waals surface area contributed by atoms with Gasteiger partial charge in [0, 0.05) is 12.2 Å². The normalized spacial score (nSPS) is 10.2. The minimum absolute atomic E-state index is 0.590. The first-order chi connectivity index (χ1) is 10.5. The van der Waals surface area contributed by atoms with Gasteiger partial charge in [0.25, 0.3) is 0 Å². The van der Waals surface area contributed by atoms with Gasteiger partial charge in [0.05, 0.1) is 5.69 Å². The van der Waals surface area contributed by atoms with E-state index in [-0.39, 0.29) is 0 Å². The van der Waals surface area contributed by atoms with E-state index in [2.05, 4.69) is 80.9 Å². The monoisotopic (exact) mass is 313 g/mol. The molecular formula is C18H23N3S. The first kappa shape index (κ1) is 16.3. The fraction of sp³-hybridized carbons (Fsp3) is 0.278. The van der Waals surface area contributed by atoms with Crippen LogP contribution in [-0.2, 0) is 0 Å². The number of thiocarbonyl (C=S) groups is 1. The number of hydrazine groups is 1. The molecule has 0 saturated carbocycles. The van der Waals surface area contributed by atoms with Crippen molar-refractivity contribution in [2.45, 2.75) is 27.7 Å². The molecule has 2 aromatic carbocycles. The van der Waals surface area contributed by atoms with Crippen LogP contribution < -0.4 is 15.8 Å². The quantitative estimate of drug-likeness (QED) is 0.648. The Morgan fingerprint density at radius 1 is 0.955 bits per heavy atom. The Kier molecular flexibility index (Phi) is 5.39. The van der Waals surface area contributed by atoms with Gasteiger partial charge in [0.15, 0.2) is 5.11 Å². The minimum Gasteiger partial charge on any atom is -0.331 e. The summed E-state index contributed by atoms with van der Waals surface area (Å²) in [4.78, 5) is 0. The highest BCUT2D eigenvalue weighted by Gasteiger charge is 2.06. The molecule has 0 bridgehead atoms. The first-order valence-electron chi connectivity index (χ1n) is 7.48. The third kappa shape index (κ3) is 4.46. The first-order valence-corrected chi connectivity index (χ1v) is 7.89. The molecule has 0 aliphatic carbocycles. The zero-order valence-corrected chi connectivity index (χ0v) is 14.4. The van der Waals surface area contributed by atoms with E-state index in [1.807, 2.05) is 5.01 Å². The Bertz CT molecular complexity index is 630. The summed E-state index contributed by atoms with van der Waals surface area (Å²) in [7, 11) is 0. The lowest BCUT2D eigenvalue weighted by atomic mass is 10.1. The molecule has 22 heavy (non-hydrogen) atoms. The van der Waals surface area contributed by atoms with E-state index >= 15 is 0 Å². The number of hydrogen-bond acceptors (Lipinski definition) is 2. The van der Waals surface area contributed by atoms with E-state index in [1.165, 1.54) is 16.7 Å². The third-order valence-corrected chi connectivity index (χ3v) is 3.57. The van der Waals surface area contributed by atoms with Crippen molar-refractivity contribution in [1.29, 1.82) is 0 Å². The van der Waals surface area contributed by atoms with Gasteiger partial charge in [0.1, 0.15) is 0 Å². The largest absolute Gasteiger partial charge is 0.331 e. The predicted molar refractivity (Wildman–Crippen MR) is 99.5 cm³/mol. The van der Waals surface area contributed by atoms with Crippen LogP contribution in [-0.4, -0.2) is 11.7 Å². The SMILES string of the molecule is CCN(NC(=S)Nc1cc(C)cc(C)c1)c1ccc(C)cc1. The second-order valence-electron chi connectivity index (χ2n) is 5.52. The highest BCUT2D eigenvalue weighted by atomic mass is 32.1. The Labute approximate surface area is 138 Å². The molecular weight excluding hydrogens is 290 g/mol. The number of nitrogens with zero attached hydrogens (tertiary/aromatic N) is 1. The molecule has 0 heterocycles. The van der Waals surface area contributed by atoms with Gasteiger partial charge in [-0.3, -0.25) is 10.4 Å². The van der Waals surface area contributed by atoms with Gasteiger partial charge in [-0.05, 0) is 75.3 Å². The van der Waals surface area contributed by atoms with Crippen molar-refractivity contribution >= 4 is 28.7 Å². The second kappa shape index (κ2) is 7.27. The zero-order chi connectivity index (χ0) is 16.1. The van der Waals surface area contributed by atoms with E-state index in [9.17, 15) is 0 Å². The van der Waals surface area contributed by atoms with Gasteiger partial charge in [-0.25, -0.2) is 0 Å². The number of benzene rings is 2. The highest BCUT2D eigenvalue weighted by molar-refractivity contribution is 7.80. The summed E-state index contributed by atoms with van der Waals surface area (Å²) in [6.07, 6.45) is 0. The summed E-state index contributed by atoms with van der Waals surface area (Å²) in [6, 6.07) is 14.7. The van der Waals surface area contributed by atoms with E-state index in [0.29, 0.717) is 5.11 Å². The highest BCUT2D eigenvalue weighted by Crippen LogP contribution is 2.15. The molecule has 3 nitrogen and oxygen atoms in total. The van der Waals surface area contributed by atoms with Crippen LogP contribution in [0.25, 0.3) is 0 Å². The Morgan fingerprint density at radius 2 is 1.55 bits per heavy atom. The van der Waals surface area contributed by atoms with E-state index < -0.39 is 0 Å². The molecule has 0 amide bonds. The number of rotatable bonds is 4. The molecule has 0 aliphatic heterocycles. The van der Waals surface area contributed by atoms with Crippen molar-refractivity contribution in [3.63, 3.8) is 0 Å². The average Bonchev–Trinajstić information content (AvgIpc) is 2.44. The number of aryl methyl sites for hydroxylation is 3. The molecule has 0 aliphatic rings. The zero-order valence-electron chi connectivity index (χ0n) is 13.6. The number of nitrogens with one attached hydrogen (secondary N) is 2. The molecule has 4 heteroatoms. The van der Waals surface area contributed by atoms with Crippen LogP contribution in [0.4, 0.5) is 11.4 Å². The van der Waals surface area contributed by atoms with Gasteiger partial charge in [-0.1, -0.05) is 23.8 Å². The van der Waals surface area contributed by atoms with Gasteiger partial charge < -0.3 is 5.32 Å². The summed E-state index contributed by atoms with van der Waals surface area (Å²) in [5.41, 5.74) is 9.03. The maximum Gasteiger partial charge on any atom is 0.189 e. The van der Waals surface area contributed by atoms with Crippen LogP contribution in [0.3, 0.4) is 0 Å². The van der Waals surface area contributed by atoms with Gasteiger partial charge in [-0.2, -0.15) is 0 Å². The molecule has 0 atom stereocenters. The van der Waals surface area contributed by atoms with Crippen molar-refractivity contribution < 1.29 is 0 Å². The van der Waals surface area contributed by atoms with E-state index in [4.69, 9.17) is 12.2 Å². The third-order valence-electron chi connectivity index (χ3n) is 3.38. The Hall–Kier alpha value is -2.07. The van der Waals surface area contributed by atoms with Crippen LogP contribution in [0.15, 0.2) is 42.5 Å². The fourth-order valence-electron chi connectivity index (χ4n) is 2.38. The van der Waals surface area contributed by atoms with Crippen LogP contribution in [0, 0.1) is 20.8 Å². The summed E-state index contributed by atoms with van der Waals surface area (Å²) in [6.45, 7) is 9.16. The Morgan fingerprint density at radius 3 is 2.09 bits per heavy atom. The summed E-state index contributed by atoms with van der Waals surface area (Å²) in [5, 5.41) is 5.86. The summed E-state index contributed by atoms with van der Waals surface area (Å²) < 4.78 is 0. The number of anilines is 2. The van der Waals surface area contributed by atoms with E-state index in [0.717, 1.165) is 17.9 Å². The smallest absolute Gasteiger partial charge is 0.189 e. The molecule has 2 aromatic rings. The number of hydrogen-bond donors (Lipinski definition) is 2. The lowest BCUT2D eigenvalue weighted by molar-refractivity contribution is 0.800. The van der Waals surface area contributed by atoms with Gasteiger partial charge in [-0.15, -0.1) is 0 Å². The van der Waals surface area contributed by atoms with Crippen LogP contribution in [0.5, 0.6) is 0 Å². The van der Waals surface area contributed by atoms with Gasteiger partial charge in [0.2, 0.25) is 0 Å². The summed E-state index contributed by atoms with van der Waals surface area (Å²) >= 11 is 5.43. The fourth-order valence-corrected chi connectivity index (χ4v) is 2.61. The second-order valence-corrected chi connectivity index (χ2v) is 5.93. The molecule has 0 saturated heterocycles. The van der Waals surface area contributed by atoms with Crippen LogP contribution in [0.1, 0.15) is 23.6 Å².